The Morgan fingerprint density at radius 3 is 2.25 bits per heavy atom. The van der Waals surface area contributed by atoms with Gasteiger partial charge >= 0.3 is 0 Å². The van der Waals surface area contributed by atoms with Crippen LogP contribution in [0.5, 0.6) is 5.75 Å². The van der Waals surface area contributed by atoms with Crippen molar-refractivity contribution in [1.82, 2.24) is 0 Å². The molecule has 0 aliphatic heterocycles. The number of aromatic hydroxyl groups is 1. The Morgan fingerprint density at radius 2 is 1.60 bits per heavy atom. The Bertz CT molecular complexity index is 451. The van der Waals surface area contributed by atoms with Gasteiger partial charge in [0.25, 0.3) is 0 Å². The fourth-order valence-corrected chi connectivity index (χ4v) is 4.74. The third kappa shape index (κ3) is 2.47. The first kappa shape index (κ1) is 14.0. The van der Waals surface area contributed by atoms with Gasteiger partial charge in [-0.1, -0.05) is 50.7 Å². The van der Waals surface area contributed by atoms with E-state index < -0.39 is 0 Å². The summed E-state index contributed by atoms with van der Waals surface area (Å²) in [7, 11) is 0. The zero-order chi connectivity index (χ0) is 14.0. The van der Waals surface area contributed by atoms with Crippen LogP contribution in [0.15, 0.2) is 18.2 Å². The molecule has 0 saturated heterocycles. The van der Waals surface area contributed by atoms with Gasteiger partial charge in [-0.3, -0.25) is 0 Å². The lowest BCUT2D eigenvalue weighted by Crippen LogP contribution is -2.38. The molecule has 1 N–H and O–H groups in total. The molecule has 0 bridgehead atoms. The van der Waals surface area contributed by atoms with Gasteiger partial charge in [0.1, 0.15) is 5.75 Å². The first-order valence-electron chi connectivity index (χ1n) is 8.52. The molecule has 0 atom stereocenters. The second kappa shape index (κ2) is 5.79. The molecule has 20 heavy (non-hydrogen) atoms. The summed E-state index contributed by atoms with van der Waals surface area (Å²) in [6.45, 7) is 2.04. The van der Waals surface area contributed by atoms with Crippen LogP contribution in [0.25, 0.3) is 0 Å². The quantitative estimate of drug-likeness (QED) is 0.755. The van der Waals surface area contributed by atoms with Crippen molar-refractivity contribution in [2.45, 2.75) is 76.5 Å². The van der Waals surface area contributed by atoms with Crippen LogP contribution < -0.4 is 0 Å². The van der Waals surface area contributed by atoms with Gasteiger partial charge in [0.05, 0.1) is 0 Å². The molecule has 2 aliphatic rings. The van der Waals surface area contributed by atoms with Gasteiger partial charge in [0.15, 0.2) is 0 Å². The molecule has 1 nitrogen and oxygen atoms in total. The lowest BCUT2D eigenvalue weighted by atomic mass is 9.58. The highest BCUT2D eigenvalue weighted by molar-refractivity contribution is 5.39. The smallest absolute Gasteiger partial charge is 0.118 e. The molecule has 2 saturated carbocycles. The van der Waals surface area contributed by atoms with E-state index in [1.165, 1.54) is 69.8 Å². The number of rotatable bonds is 2. The minimum absolute atomic E-state index is 0.414. The van der Waals surface area contributed by atoms with Crippen LogP contribution in [0, 0.1) is 12.8 Å². The molecule has 0 aromatic heterocycles. The van der Waals surface area contributed by atoms with Crippen LogP contribution in [-0.2, 0) is 5.41 Å². The summed E-state index contributed by atoms with van der Waals surface area (Å²) in [6.07, 6.45) is 14.0. The van der Waals surface area contributed by atoms with Gasteiger partial charge in [-0.2, -0.15) is 0 Å². The minimum atomic E-state index is 0.414. The van der Waals surface area contributed by atoms with Crippen LogP contribution in [0.3, 0.4) is 0 Å². The van der Waals surface area contributed by atoms with Crippen LogP contribution in [0.2, 0.25) is 0 Å². The molecule has 3 rings (SSSR count). The van der Waals surface area contributed by atoms with Crippen LogP contribution in [0.1, 0.15) is 75.3 Å². The second-order valence-electron chi connectivity index (χ2n) is 7.05. The molecule has 0 unspecified atom stereocenters. The maximum atomic E-state index is 9.84. The van der Waals surface area contributed by atoms with E-state index in [0.717, 1.165) is 11.5 Å². The zero-order valence-electron chi connectivity index (χ0n) is 12.8. The summed E-state index contributed by atoms with van der Waals surface area (Å²) < 4.78 is 0. The third-order valence-electron chi connectivity index (χ3n) is 5.90. The molecule has 1 heteroatoms. The lowest BCUT2D eigenvalue weighted by Gasteiger charge is -2.46. The van der Waals surface area contributed by atoms with E-state index in [-0.39, 0.29) is 0 Å². The molecule has 110 valence electrons. The standard InChI is InChI=1S/C19H28O/c1-15-14-17(10-11-18(15)20)19(12-6-3-7-13-19)16-8-4-2-5-9-16/h10-11,14,16,20H,2-9,12-13H2,1H3. The SMILES string of the molecule is Cc1cc(C2(C3CCCCC3)CCCCC2)ccc1O. The highest BCUT2D eigenvalue weighted by atomic mass is 16.3. The minimum Gasteiger partial charge on any atom is -0.508 e. The number of hydrogen-bond donors (Lipinski definition) is 1. The van der Waals surface area contributed by atoms with Gasteiger partial charge in [-0.05, 0) is 61.1 Å². The van der Waals surface area contributed by atoms with Crippen molar-refractivity contribution in [3.8, 4) is 5.75 Å². The summed E-state index contributed by atoms with van der Waals surface area (Å²) in [5, 5.41) is 9.84. The highest BCUT2D eigenvalue weighted by Gasteiger charge is 2.41. The highest BCUT2D eigenvalue weighted by Crippen LogP contribution is 2.50. The van der Waals surface area contributed by atoms with Crippen molar-refractivity contribution < 1.29 is 5.11 Å². The van der Waals surface area contributed by atoms with Crippen molar-refractivity contribution in [3.05, 3.63) is 29.3 Å². The van der Waals surface area contributed by atoms with E-state index in [9.17, 15) is 5.11 Å². The Balaban J connectivity index is 1.97. The molecule has 2 aliphatic carbocycles. The normalized spacial score (nSPS) is 23.6. The Hall–Kier alpha value is -0.980. The maximum Gasteiger partial charge on any atom is 0.118 e. The Labute approximate surface area is 123 Å². The fraction of sp³-hybridized carbons (Fsp3) is 0.684. The molecule has 0 heterocycles. The molecule has 0 amide bonds. The predicted octanol–water partition coefficient (Wildman–Crippen LogP) is 5.48. The van der Waals surface area contributed by atoms with Gasteiger partial charge in [0, 0.05) is 0 Å². The topological polar surface area (TPSA) is 20.2 Å². The second-order valence-corrected chi connectivity index (χ2v) is 7.05. The van der Waals surface area contributed by atoms with Gasteiger partial charge in [0.2, 0.25) is 0 Å². The van der Waals surface area contributed by atoms with E-state index in [4.69, 9.17) is 0 Å². The first-order valence-corrected chi connectivity index (χ1v) is 8.52. The monoisotopic (exact) mass is 272 g/mol. The number of benzene rings is 1. The van der Waals surface area contributed by atoms with Gasteiger partial charge in [-0.15, -0.1) is 0 Å². The molecule has 0 spiro atoms. The van der Waals surface area contributed by atoms with Crippen LogP contribution in [-0.4, -0.2) is 5.11 Å². The summed E-state index contributed by atoms with van der Waals surface area (Å²) in [5.41, 5.74) is 2.97. The van der Waals surface area contributed by atoms with Crippen molar-refractivity contribution in [2.24, 2.45) is 5.92 Å². The van der Waals surface area contributed by atoms with Crippen molar-refractivity contribution in [3.63, 3.8) is 0 Å². The molecule has 2 fully saturated rings. The lowest BCUT2D eigenvalue weighted by molar-refractivity contribution is 0.148. The van der Waals surface area contributed by atoms with Crippen molar-refractivity contribution >= 4 is 0 Å². The Morgan fingerprint density at radius 1 is 0.950 bits per heavy atom. The largest absolute Gasteiger partial charge is 0.508 e. The zero-order valence-corrected chi connectivity index (χ0v) is 12.8. The average Bonchev–Trinajstić information content (AvgIpc) is 2.51. The summed E-state index contributed by atoms with van der Waals surface area (Å²) >= 11 is 0. The van der Waals surface area contributed by atoms with E-state index in [1.807, 2.05) is 13.0 Å². The summed E-state index contributed by atoms with van der Waals surface area (Å²) in [5.74, 6) is 1.32. The van der Waals surface area contributed by atoms with Gasteiger partial charge < -0.3 is 5.11 Å². The van der Waals surface area contributed by atoms with Crippen molar-refractivity contribution in [2.75, 3.05) is 0 Å². The molecule has 1 aromatic rings. The fourth-order valence-electron chi connectivity index (χ4n) is 4.74. The van der Waals surface area contributed by atoms with Crippen LogP contribution >= 0.6 is 0 Å². The van der Waals surface area contributed by atoms with E-state index in [1.54, 1.807) is 0 Å². The predicted molar refractivity (Wildman–Crippen MR) is 84.2 cm³/mol. The number of phenols is 1. The van der Waals surface area contributed by atoms with E-state index in [2.05, 4.69) is 12.1 Å². The molecular formula is C19H28O. The maximum absolute atomic E-state index is 9.84. The summed E-state index contributed by atoms with van der Waals surface area (Å²) in [6, 6.07) is 6.40. The number of phenolic OH excluding ortho intramolecular Hbond substituents is 1. The summed E-state index contributed by atoms with van der Waals surface area (Å²) in [4.78, 5) is 0. The first-order chi connectivity index (χ1) is 9.72. The number of hydrogen-bond acceptors (Lipinski definition) is 1. The molecule has 1 aromatic carbocycles. The average molecular weight is 272 g/mol. The Kier molecular flexibility index (Phi) is 4.05. The van der Waals surface area contributed by atoms with Crippen LogP contribution in [0.4, 0.5) is 0 Å². The molecule has 0 radical (unpaired) electrons. The van der Waals surface area contributed by atoms with Crippen molar-refractivity contribution in [1.29, 1.82) is 0 Å². The van der Waals surface area contributed by atoms with Gasteiger partial charge in [-0.25, -0.2) is 0 Å². The molecular weight excluding hydrogens is 244 g/mol. The van der Waals surface area contributed by atoms with E-state index in [0.29, 0.717) is 11.2 Å². The number of aryl methyl sites for hydroxylation is 1. The third-order valence-corrected chi connectivity index (χ3v) is 5.90. The van der Waals surface area contributed by atoms with E-state index >= 15 is 0 Å².